The average molecular weight is 423 g/mol. The monoisotopic (exact) mass is 422 g/mol. The highest BCUT2D eigenvalue weighted by Gasteiger charge is 2.33. The minimum atomic E-state index is -0.133. The molecule has 1 aliphatic heterocycles. The molecule has 6 nitrogen and oxygen atoms in total. The molecule has 0 spiro atoms. The van der Waals surface area contributed by atoms with E-state index in [-0.39, 0.29) is 17.9 Å². The van der Waals surface area contributed by atoms with E-state index in [1.165, 1.54) is 0 Å². The van der Waals surface area contributed by atoms with E-state index in [9.17, 15) is 4.79 Å². The van der Waals surface area contributed by atoms with Crippen molar-refractivity contribution in [1.29, 1.82) is 0 Å². The Balaban J connectivity index is 1.62. The van der Waals surface area contributed by atoms with E-state index in [2.05, 4.69) is 9.97 Å². The van der Waals surface area contributed by atoms with Crippen molar-refractivity contribution in [2.45, 2.75) is 25.3 Å². The second-order valence-corrected chi connectivity index (χ2v) is 7.74. The number of aromatic nitrogens is 2. The lowest BCUT2D eigenvalue weighted by Crippen LogP contribution is -2.32. The molecule has 4 rings (SSSR count). The van der Waals surface area contributed by atoms with Gasteiger partial charge in [0.2, 0.25) is 11.9 Å². The van der Waals surface area contributed by atoms with Gasteiger partial charge in [-0.25, -0.2) is 9.97 Å². The first-order chi connectivity index (χ1) is 14.5. The molecular weight excluding hydrogens is 400 g/mol. The molecule has 0 radical (unpaired) electrons. The van der Waals surface area contributed by atoms with E-state index in [4.69, 9.17) is 22.1 Å². The summed E-state index contributed by atoms with van der Waals surface area (Å²) in [4.78, 5) is 23.8. The number of likely N-dealkylation sites (tertiary alicyclic amines) is 1. The van der Waals surface area contributed by atoms with Gasteiger partial charge in [0, 0.05) is 23.3 Å². The minimum Gasteiger partial charge on any atom is -0.497 e. The van der Waals surface area contributed by atoms with Crippen LogP contribution in [0.1, 0.15) is 30.1 Å². The van der Waals surface area contributed by atoms with Gasteiger partial charge in [-0.15, -0.1) is 0 Å². The number of hydrogen-bond acceptors (Lipinski definition) is 5. The van der Waals surface area contributed by atoms with Gasteiger partial charge in [0.25, 0.3) is 0 Å². The summed E-state index contributed by atoms with van der Waals surface area (Å²) in [5.41, 5.74) is 9.46. The molecule has 1 aliphatic rings. The molecule has 7 heteroatoms. The summed E-state index contributed by atoms with van der Waals surface area (Å²) in [5.74, 6) is 1.05. The Morgan fingerprint density at radius 2 is 1.93 bits per heavy atom. The molecule has 0 bridgehead atoms. The molecule has 3 aromatic rings. The number of amides is 1. The maximum absolute atomic E-state index is 13.1. The molecule has 0 aliphatic carbocycles. The van der Waals surface area contributed by atoms with Crippen LogP contribution in [0.5, 0.6) is 5.75 Å². The molecule has 1 aromatic heterocycles. The molecular formula is C23H23ClN4O2. The highest BCUT2D eigenvalue weighted by atomic mass is 35.5. The number of halogens is 1. The molecule has 0 saturated carbocycles. The Morgan fingerprint density at radius 1 is 1.20 bits per heavy atom. The summed E-state index contributed by atoms with van der Waals surface area (Å²) in [6.45, 7) is 0.698. The first kappa shape index (κ1) is 20.2. The van der Waals surface area contributed by atoms with Crippen LogP contribution in [-0.2, 0) is 11.2 Å². The van der Waals surface area contributed by atoms with Gasteiger partial charge in [-0.05, 0) is 48.2 Å². The zero-order valence-electron chi connectivity index (χ0n) is 16.7. The van der Waals surface area contributed by atoms with Crippen molar-refractivity contribution < 1.29 is 9.53 Å². The van der Waals surface area contributed by atoms with E-state index in [1.807, 2.05) is 53.4 Å². The minimum absolute atomic E-state index is 0.0712. The van der Waals surface area contributed by atoms with Crippen LogP contribution in [0.3, 0.4) is 0 Å². The smallest absolute Gasteiger partial charge is 0.227 e. The molecule has 1 fully saturated rings. The number of nitrogens with zero attached hydrogens (tertiary/aromatic N) is 3. The Morgan fingerprint density at radius 3 is 2.63 bits per heavy atom. The summed E-state index contributed by atoms with van der Waals surface area (Å²) in [7, 11) is 1.63. The number of rotatable bonds is 5. The van der Waals surface area contributed by atoms with Crippen LogP contribution in [-0.4, -0.2) is 34.4 Å². The number of hydrogen-bond donors (Lipinski definition) is 1. The van der Waals surface area contributed by atoms with Gasteiger partial charge in [0.05, 0.1) is 25.3 Å². The summed E-state index contributed by atoms with van der Waals surface area (Å²) in [6.07, 6.45) is 3.82. The van der Waals surface area contributed by atoms with Crippen LogP contribution in [0, 0.1) is 0 Å². The van der Waals surface area contributed by atoms with Gasteiger partial charge in [-0.2, -0.15) is 0 Å². The number of ether oxygens (including phenoxy) is 1. The maximum atomic E-state index is 13.1. The molecule has 154 valence electrons. The fraction of sp³-hybridized carbons (Fsp3) is 0.261. The van der Waals surface area contributed by atoms with Crippen LogP contribution < -0.4 is 10.5 Å². The predicted molar refractivity (Wildman–Crippen MR) is 117 cm³/mol. The number of carbonyl (C=O) groups is 1. The summed E-state index contributed by atoms with van der Waals surface area (Å²) < 4.78 is 5.19. The number of nitrogens with two attached hydrogens (primary N) is 1. The average Bonchev–Trinajstić information content (AvgIpc) is 3.25. The fourth-order valence-corrected chi connectivity index (χ4v) is 4.01. The summed E-state index contributed by atoms with van der Waals surface area (Å²) in [5, 5.41) is 0.661. The van der Waals surface area contributed by atoms with Crippen molar-refractivity contribution in [3.8, 4) is 16.9 Å². The summed E-state index contributed by atoms with van der Waals surface area (Å²) >= 11 is 6.04. The molecule has 1 amide bonds. The van der Waals surface area contributed by atoms with Crippen molar-refractivity contribution >= 4 is 23.5 Å². The van der Waals surface area contributed by atoms with E-state index in [0.29, 0.717) is 18.0 Å². The molecule has 2 heterocycles. The first-order valence-corrected chi connectivity index (χ1v) is 10.2. The largest absolute Gasteiger partial charge is 0.497 e. The maximum Gasteiger partial charge on any atom is 0.227 e. The molecule has 1 unspecified atom stereocenters. The molecule has 2 N–H and O–H groups in total. The highest BCUT2D eigenvalue weighted by Crippen LogP contribution is 2.37. The Kier molecular flexibility index (Phi) is 5.86. The van der Waals surface area contributed by atoms with Crippen LogP contribution >= 0.6 is 11.6 Å². The van der Waals surface area contributed by atoms with E-state index in [1.54, 1.807) is 13.3 Å². The third-order valence-electron chi connectivity index (χ3n) is 5.40. The van der Waals surface area contributed by atoms with Gasteiger partial charge in [0.1, 0.15) is 5.75 Å². The standard InChI is InChI=1S/C23H23ClN4O2/c1-30-18-10-4-15(5-11-18)13-21(29)28-12-2-3-20(28)22-19(14-26-23(25)27-22)16-6-8-17(24)9-7-16/h4-11,14,20H,2-3,12-13H2,1H3,(H2,25,26,27). The number of nitrogen functional groups attached to an aromatic ring is 1. The van der Waals surface area contributed by atoms with Crippen LogP contribution in [0.25, 0.3) is 11.1 Å². The van der Waals surface area contributed by atoms with Crippen molar-refractivity contribution in [1.82, 2.24) is 14.9 Å². The van der Waals surface area contributed by atoms with Gasteiger partial charge in [-0.1, -0.05) is 35.9 Å². The number of carbonyl (C=O) groups excluding carboxylic acids is 1. The topological polar surface area (TPSA) is 81.3 Å². The summed E-state index contributed by atoms with van der Waals surface area (Å²) in [6, 6.07) is 15.0. The first-order valence-electron chi connectivity index (χ1n) is 9.86. The third-order valence-corrected chi connectivity index (χ3v) is 5.65. The fourth-order valence-electron chi connectivity index (χ4n) is 3.88. The van der Waals surface area contributed by atoms with Crippen LogP contribution in [0.2, 0.25) is 5.02 Å². The second-order valence-electron chi connectivity index (χ2n) is 7.30. The number of anilines is 1. The Bertz CT molecular complexity index is 1040. The van der Waals surface area contributed by atoms with E-state index in [0.717, 1.165) is 41.0 Å². The van der Waals surface area contributed by atoms with E-state index < -0.39 is 0 Å². The van der Waals surface area contributed by atoms with Crippen molar-refractivity contribution in [2.75, 3.05) is 19.4 Å². The Labute approximate surface area is 180 Å². The normalized spacial score (nSPS) is 15.9. The Hall–Kier alpha value is -3.12. The van der Waals surface area contributed by atoms with Crippen molar-refractivity contribution in [2.24, 2.45) is 0 Å². The molecule has 1 atom stereocenters. The predicted octanol–water partition coefficient (Wildman–Crippen LogP) is 4.29. The van der Waals surface area contributed by atoms with E-state index >= 15 is 0 Å². The number of benzene rings is 2. The van der Waals surface area contributed by atoms with Gasteiger partial charge < -0.3 is 15.4 Å². The van der Waals surface area contributed by atoms with Crippen LogP contribution in [0.15, 0.2) is 54.7 Å². The second kappa shape index (κ2) is 8.71. The van der Waals surface area contributed by atoms with Gasteiger partial charge in [-0.3, -0.25) is 4.79 Å². The molecule has 2 aromatic carbocycles. The van der Waals surface area contributed by atoms with Crippen molar-refractivity contribution in [3.63, 3.8) is 0 Å². The molecule has 1 saturated heterocycles. The molecule has 30 heavy (non-hydrogen) atoms. The highest BCUT2D eigenvalue weighted by molar-refractivity contribution is 6.30. The van der Waals surface area contributed by atoms with Gasteiger partial charge >= 0.3 is 0 Å². The zero-order chi connectivity index (χ0) is 21.1. The lowest BCUT2D eigenvalue weighted by molar-refractivity contribution is -0.131. The van der Waals surface area contributed by atoms with Crippen molar-refractivity contribution in [3.05, 3.63) is 71.0 Å². The lowest BCUT2D eigenvalue weighted by Gasteiger charge is -2.26. The quantitative estimate of drug-likeness (QED) is 0.663. The van der Waals surface area contributed by atoms with Crippen LogP contribution in [0.4, 0.5) is 5.95 Å². The zero-order valence-corrected chi connectivity index (χ0v) is 17.5. The lowest BCUT2D eigenvalue weighted by atomic mass is 9.99. The van der Waals surface area contributed by atoms with Gasteiger partial charge in [0.15, 0.2) is 0 Å². The number of methoxy groups -OCH3 is 1. The third kappa shape index (κ3) is 4.24. The SMILES string of the molecule is COc1ccc(CC(=O)N2CCCC2c2nc(N)ncc2-c2ccc(Cl)cc2)cc1.